The molecule has 2 amide bonds. The molecule has 2 aromatic rings. The summed E-state index contributed by atoms with van der Waals surface area (Å²) >= 11 is 0. The Morgan fingerprint density at radius 2 is 1.83 bits per heavy atom. The van der Waals surface area contributed by atoms with Gasteiger partial charge in [-0.25, -0.2) is 9.18 Å². The molecule has 0 bridgehead atoms. The lowest BCUT2D eigenvalue weighted by molar-refractivity contribution is 0.173. The molecule has 1 aliphatic heterocycles. The van der Waals surface area contributed by atoms with Crippen molar-refractivity contribution in [2.45, 2.75) is 20.0 Å². The predicted molar refractivity (Wildman–Crippen MR) is 87.3 cm³/mol. The summed E-state index contributed by atoms with van der Waals surface area (Å²) in [5.41, 5.74) is 1.82. The van der Waals surface area contributed by atoms with Crippen LogP contribution in [0, 0.1) is 5.82 Å². The van der Waals surface area contributed by atoms with Crippen molar-refractivity contribution in [3.63, 3.8) is 0 Å². The maximum atomic E-state index is 12.9. The summed E-state index contributed by atoms with van der Waals surface area (Å²) in [5.74, 6) is 1.14. The third-order valence-corrected chi connectivity index (χ3v) is 3.84. The molecule has 5 nitrogen and oxygen atoms in total. The van der Waals surface area contributed by atoms with E-state index >= 15 is 0 Å². The van der Waals surface area contributed by atoms with Crippen LogP contribution in [-0.2, 0) is 13.1 Å². The molecule has 126 valence electrons. The molecule has 1 aliphatic rings. The van der Waals surface area contributed by atoms with Gasteiger partial charge >= 0.3 is 6.03 Å². The third kappa shape index (κ3) is 3.76. The van der Waals surface area contributed by atoms with Crippen molar-refractivity contribution in [1.29, 1.82) is 0 Å². The fraction of sp³-hybridized carbons (Fsp3) is 0.278. The zero-order valence-electron chi connectivity index (χ0n) is 13.4. The summed E-state index contributed by atoms with van der Waals surface area (Å²) in [6, 6.07) is 11.6. The number of urea groups is 1. The van der Waals surface area contributed by atoms with Gasteiger partial charge in [0.25, 0.3) is 0 Å². The molecule has 0 aromatic heterocycles. The van der Waals surface area contributed by atoms with E-state index in [4.69, 9.17) is 9.47 Å². The third-order valence-electron chi connectivity index (χ3n) is 3.84. The van der Waals surface area contributed by atoms with Crippen molar-refractivity contribution in [3.8, 4) is 11.5 Å². The first-order valence-electron chi connectivity index (χ1n) is 7.81. The second-order valence-corrected chi connectivity index (χ2v) is 5.49. The highest BCUT2D eigenvalue weighted by molar-refractivity contribution is 5.74. The Bertz CT molecular complexity index is 719. The van der Waals surface area contributed by atoms with Crippen LogP contribution in [0.15, 0.2) is 42.5 Å². The summed E-state index contributed by atoms with van der Waals surface area (Å²) < 4.78 is 23.5. The minimum Gasteiger partial charge on any atom is -0.454 e. The summed E-state index contributed by atoms with van der Waals surface area (Å²) in [5, 5.41) is 2.85. The minimum atomic E-state index is -0.289. The quantitative estimate of drug-likeness (QED) is 0.915. The molecule has 1 N–H and O–H groups in total. The average molecular weight is 330 g/mol. The molecular weight excluding hydrogens is 311 g/mol. The minimum absolute atomic E-state index is 0.167. The molecule has 1 heterocycles. The van der Waals surface area contributed by atoms with Gasteiger partial charge in [-0.2, -0.15) is 0 Å². The van der Waals surface area contributed by atoms with E-state index in [2.05, 4.69) is 5.32 Å². The van der Waals surface area contributed by atoms with Gasteiger partial charge in [0.1, 0.15) is 5.82 Å². The largest absolute Gasteiger partial charge is 0.454 e. The lowest BCUT2D eigenvalue weighted by atomic mass is 10.2. The Hall–Kier alpha value is -2.76. The van der Waals surface area contributed by atoms with Gasteiger partial charge in [-0.3, -0.25) is 0 Å². The maximum Gasteiger partial charge on any atom is 0.317 e. The number of halogens is 1. The molecule has 0 unspecified atom stereocenters. The second kappa shape index (κ2) is 7.21. The second-order valence-electron chi connectivity index (χ2n) is 5.49. The lowest BCUT2D eigenvalue weighted by Crippen LogP contribution is -2.39. The maximum absolute atomic E-state index is 12.9. The molecule has 0 atom stereocenters. The predicted octanol–water partition coefficient (Wildman–Crippen LogP) is 3.29. The normalized spacial score (nSPS) is 12.1. The fourth-order valence-electron chi connectivity index (χ4n) is 2.48. The number of hydrogen-bond donors (Lipinski definition) is 1. The zero-order valence-corrected chi connectivity index (χ0v) is 13.4. The highest BCUT2D eigenvalue weighted by Gasteiger charge is 2.16. The molecule has 0 spiro atoms. The molecule has 24 heavy (non-hydrogen) atoms. The van der Waals surface area contributed by atoms with Gasteiger partial charge in [-0.1, -0.05) is 18.2 Å². The van der Waals surface area contributed by atoms with Crippen molar-refractivity contribution < 1.29 is 18.7 Å². The molecule has 0 radical (unpaired) electrons. The molecule has 0 aliphatic carbocycles. The van der Waals surface area contributed by atoms with E-state index in [1.165, 1.54) is 12.1 Å². The Kier molecular flexibility index (Phi) is 4.84. The monoisotopic (exact) mass is 330 g/mol. The number of fused-ring (bicyclic) bond motifs is 1. The number of amides is 2. The number of carbonyl (C=O) groups is 1. The summed E-state index contributed by atoms with van der Waals surface area (Å²) in [7, 11) is 0. The number of carbonyl (C=O) groups excluding carboxylic acids is 1. The van der Waals surface area contributed by atoms with Crippen LogP contribution in [0.5, 0.6) is 11.5 Å². The molecule has 6 heteroatoms. The van der Waals surface area contributed by atoms with E-state index in [-0.39, 0.29) is 18.6 Å². The number of benzene rings is 2. The number of nitrogens with one attached hydrogen (secondary N) is 1. The molecule has 0 saturated carbocycles. The average Bonchev–Trinajstić information content (AvgIpc) is 3.06. The highest BCUT2D eigenvalue weighted by Crippen LogP contribution is 2.32. The van der Waals surface area contributed by atoms with Crippen molar-refractivity contribution in [3.05, 3.63) is 59.4 Å². The highest BCUT2D eigenvalue weighted by atomic mass is 19.1. The summed E-state index contributed by atoms with van der Waals surface area (Å²) in [4.78, 5) is 14.0. The number of rotatable bonds is 5. The van der Waals surface area contributed by atoms with Crippen LogP contribution >= 0.6 is 0 Å². The van der Waals surface area contributed by atoms with Gasteiger partial charge < -0.3 is 19.7 Å². The smallest absolute Gasteiger partial charge is 0.317 e. The van der Waals surface area contributed by atoms with Crippen molar-refractivity contribution >= 4 is 6.03 Å². The van der Waals surface area contributed by atoms with Gasteiger partial charge in [0, 0.05) is 19.6 Å². The van der Waals surface area contributed by atoms with Gasteiger partial charge in [-0.15, -0.1) is 0 Å². The van der Waals surface area contributed by atoms with E-state index in [0.717, 1.165) is 16.9 Å². The van der Waals surface area contributed by atoms with E-state index in [1.807, 2.05) is 25.1 Å². The number of hydrogen-bond acceptors (Lipinski definition) is 3. The van der Waals surface area contributed by atoms with Crippen LogP contribution in [0.3, 0.4) is 0 Å². The van der Waals surface area contributed by atoms with E-state index in [0.29, 0.717) is 25.4 Å². The van der Waals surface area contributed by atoms with Gasteiger partial charge in [0.05, 0.1) is 0 Å². The van der Waals surface area contributed by atoms with Crippen LogP contribution in [0.1, 0.15) is 18.1 Å². The Morgan fingerprint density at radius 3 is 2.58 bits per heavy atom. The first kappa shape index (κ1) is 16.1. The van der Waals surface area contributed by atoms with Crippen LogP contribution < -0.4 is 14.8 Å². The lowest BCUT2D eigenvalue weighted by Gasteiger charge is -2.21. The summed E-state index contributed by atoms with van der Waals surface area (Å²) in [6.07, 6.45) is 0. The Balaban J connectivity index is 1.58. The molecule has 3 rings (SSSR count). The van der Waals surface area contributed by atoms with Crippen molar-refractivity contribution in [2.24, 2.45) is 0 Å². The number of nitrogens with zero attached hydrogens (tertiary/aromatic N) is 1. The SMILES string of the molecule is CCN(Cc1ccc2c(c1)OCO2)C(=O)NCc1ccc(F)cc1. The van der Waals surface area contributed by atoms with Gasteiger partial charge in [0.15, 0.2) is 11.5 Å². The zero-order chi connectivity index (χ0) is 16.9. The number of ether oxygens (including phenoxy) is 2. The Morgan fingerprint density at radius 1 is 1.12 bits per heavy atom. The standard InChI is InChI=1S/C18H19FN2O3/c1-2-21(11-14-5-8-16-17(9-14)24-12-23-16)18(22)20-10-13-3-6-15(19)7-4-13/h3-9H,2,10-12H2,1H3,(H,20,22). The molecule has 0 fully saturated rings. The molecule has 0 saturated heterocycles. The van der Waals surface area contributed by atoms with Crippen molar-refractivity contribution in [1.82, 2.24) is 10.2 Å². The summed E-state index contributed by atoms with van der Waals surface area (Å²) in [6.45, 7) is 3.56. The molecule has 2 aromatic carbocycles. The van der Waals surface area contributed by atoms with Crippen LogP contribution in [0.25, 0.3) is 0 Å². The van der Waals surface area contributed by atoms with Crippen LogP contribution in [0.4, 0.5) is 9.18 Å². The fourth-order valence-corrected chi connectivity index (χ4v) is 2.48. The molecular formula is C18H19FN2O3. The van der Waals surface area contributed by atoms with E-state index in [1.54, 1.807) is 17.0 Å². The Labute approximate surface area is 140 Å². The first-order chi connectivity index (χ1) is 11.7. The van der Waals surface area contributed by atoms with Gasteiger partial charge in [-0.05, 0) is 42.3 Å². The van der Waals surface area contributed by atoms with Crippen LogP contribution in [0.2, 0.25) is 0 Å². The van der Waals surface area contributed by atoms with E-state index in [9.17, 15) is 9.18 Å². The van der Waals surface area contributed by atoms with Gasteiger partial charge in [0.2, 0.25) is 6.79 Å². The van der Waals surface area contributed by atoms with E-state index < -0.39 is 0 Å². The van der Waals surface area contributed by atoms with Crippen molar-refractivity contribution in [2.75, 3.05) is 13.3 Å². The van der Waals surface area contributed by atoms with Crippen LogP contribution in [-0.4, -0.2) is 24.3 Å². The first-order valence-corrected chi connectivity index (χ1v) is 7.81. The topological polar surface area (TPSA) is 50.8 Å².